The Morgan fingerprint density at radius 1 is 0.571 bits per heavy atom. The van der Waals surface area contributed by atoms with Crippen LogP contribution >= 0.6 is 0 Å². The summed E-state index contributed by atoms with van der Waals surface area (Å²) in [4.78, 5) is 0. The minimum absolute atomic E-state index is 1.22. The quantitative estimate of drug-likeness (QED) is 0.635. The highest BCUT2D eigenvalue weighted by atomic mass is 15.0. The van der Waals surface area contributed by atoms with Crippen LogP contribution in [0.1, 0.15) is 17.0 Å². The second kappa shape index (κ2) is 5.49. The number of hydrogen-bond acceptors (Lipinski definition) is 0. The first-order valence-corrected chi connectivity index (χ1v) is 7.23. The highest BCUT2D eigenvalue weighted by molar-refractivity contribution is 5.44. The summed E-state index contributed by atoms with van der Waals surface area (Å²) in [5.41, 5.74) is 6.18. The highest BCUT2D eigenvalue weighted by Gasteiger charge is 2.20. The zero-order valence-electron chi connectivity index (χ0n) is 12.7. The number of benzene rings is 1. The van der Waals surface area contributed by atoms with Crippen LogP contribution < -0.4 is 9.13 Å². The fourth-order valence-corrected chi connectivity index (χ4v) is 2.73. The molecule has 0 spiro atoms. The van der Waals surface area contributed by atoms with E-state index >= 15 is 0 Å². The second-order valence-electron chi connectivity index (χ2n) is 5.35. The average molecular weight is 276 g/mol. The third-order valence-corrected chi connectivity index (χ3v) is 3.92. The first kappa shape index (κ1) is 13.5. The van der Waals surface area contributed by atoms with Crippen molar-refractivity contribution >= 4 is 0 Å². The molecular weight excluding hydrogens is 256 g/mol. The highest BCUT2D eigenvalue weighted by Crippen LogP contribution is 2.15. The van der Waals surface area contributed by atoms with Crippen molar-refractivity contribution in [3.8, 4) is 11.4 Å². The van der Waals surface area contributed by atoms with Crippen LogP contribution in [0.3, 0.4) is 0 Å². The largest absolute Gasteiger partial charge is 0.220 e. The summed E-state index contributed by atoms with van der Waals surface area (Å²) < 4.78 is 4.47. The van der Waals surface area contributed by atoms with E-state index in [-0.39, 0.29) is 0 Å². The maximum atomic E-state index is 2.23. The van der Waals surface area contributed by atoms with E-state index < -0.39 is 0 Å². The SMILES string of the molecule is Cc1c(-[n+]2ccccc2C)cccc1-[n+]1ccccc1C. The monoisotopic (exact) mass is 276 g/mol. The summed E-state index contributed by atoms with van der Waals surface area (Å²) in [7, 11) is 0. The Labute approximate surface area is 125 Å². The van der Waals surface area contributed by atoms with E-state index in [9.17, 15) is 0 Å². The van der Waals surface area contributed by atoms with E-state index in [1.165, 1.54) is 28.3 Å². The maximum Gasteiger partial charge on any atom is 0.220 e. The Bertz CT molecular complexity index is 727. The minimum atomic E-state index is 1.22. The van der Waals surface area contributed by atoms with E-state index in [0.29, 0.717) is 0 Å². The lowest BCUT2D eigenvalue weighted by atomic mass is 10.1. The van der Waals surface area contributed by atoms with Crippen molar-refractivity contribution in [2.24, 2.45) is 0 Å². The van der Waals surface area contributed by atoms with Crippen molar-refractivity contribution in [3.63, 3.8) is 0 Å². The first-order chi connectivity index (χ1) is 10.2. The molecule has 3 rings (SSSR count). The van der Waals surface area contributed by atoms with E-state index in [1.807, 2.05) is 0 Å². The summed E-state index contributed by atoms with van der Waals surface area (Å²) in [5.74, 6) is 0. The van der Waals surface area contributed by atoms with Gasteiger partial charge in [0.1, 0.15) is 0 Å². The Kier molecular flexibility index (Phi) is 3.53. The molecule has 0 saturated heterocycles. The lowest BCUT2D eigenvalue weighted by Gasteiger charge is -2.06. The van der Waals surface area contributed by atoms with Crippen molar-refractivity contribution in [1.29, 1.82) is 0 Å². The van der Waals surface area contributed by atoms with Crippen molar-refractivity contribution in [1.82, 2.24) is 0 Å². The molecule has 21 heavy (non-hydrogen) atoms. The molecular formula is C19H20N2+2. The summed E-state index contributed by atoms with van der Waals surface area (Å²) in [6.45, 7) is 6.45. The number of hydrogen-bond donors (Lipinski definition) is 0. The van der Waals surface area contributed by atoms with Crippen molar-refractivity contribution in [3.05, 3.63) is 83.9 Å². The predicted octanol–water partition coefficient (Wildman–Crippen LogP) is 3.17. The van der Waals surface area contributed by atoms with Gasteiger partial charge >= 0.3 is 0 Å². The van der Waals surface area contributed by atoms with Crippen LogP contribution in [-0.2, 0) is 0 Å². The molecule has 2 heterocycles. The molecule has 2 nitrogen and oxygen atoms in total. The molecule has 0 unspecified atom stereocenters. The molecule has 0 bridgehead atoms. The molecule has 104 valence electrons. The lowest BCUT2D eigenvalue weighted by molar-refractivity contribution is -0.611. The smallest absolute Gasteiger partial charge is 0.164 e. The first-order valence-electron chi connectivity index (χ1n) is 7.23. The maximum absolute atomic E-state index is 2.23. The number of aromatic nitrogens is 2. The molecule has 0 saturated carbocycles. The molecule has 0 aliphatic heterocycles. The molecule has 2 heteroatoms. The second-order valence-corrected chi connectivity index (χ2v) is 5.35. The third kappa shape index (κ3) is 2.45. The van der Waals surface area contributed by atoms with Crippen LogP contribution in [0.15, 0.2) is 67.0 Å². The van der Waals surface area contributed by atoms with Crippen LogP contribution in [0.4, 0.5) is 0 Å². The third-order valence-electron chi connectivity index (χ3n) is 3.92. The van der Waals surface area contributed by atoms with Crippen LogP contribution in [0.2, 0.25) is 0 Å². The molecule has 3 aromatic rings. The Hall–Kier alpha value is -2.48. The van der Waals surface area contributed by atoms with Gasteiger partial charge < -0.3 is 0 Å². The van der Waals surface area contributed by atoms with Crippen molar-refractivity contribution in [2.45, 2.75) is 20.8 Å². The Morgan fingerprint density at radius 2 is 1.05 bits per heavy atom. The molecule has 0 aliphatic rings. The standard InChI is InChI=1S/C19H20N2/c1-15-9-4-6-13-20(15)18-11-8-12-19(17(18)3)21-14-7-5-10-16(21)2/h4-14H,1-3H3/q+2. The van der Waals surface area contributed by atoms with Gasteiger partial charge in [0.15, 0.2) is 23.8 Å². The molecule has 0 atom stereocenters. The van der Waals surface area contributed by atoms with Gasteiger partial charge in [-0.2, -0.15) is 9.13 Å². The summed E-state index contributed by atoms with van der Waals surface area (Å²) in [5, 5.41) is 0. The molecule has 2 aromatic heterocycles. The minimum Gasteiger partial charge on any atom is -0.164 e. The topological polar surface area (TPSA) is 7.76 Å². The van der Waals surface area contributed by atoms with Gasteiger partial charge in [-0.15, -0.1) is 0 Å². The number of nitrogens with zero attached hydrogens (tertiary/aromatic N) is 2. The number of aryl methyl sites for hydroxylation is 2. The lowest BCUT2D eigenvalue weighted by Crippen LogP contribution is -2.38. The zero-order valence-corrected chi connectivity index (χ0v) is 12.7. The molecule has 1 aromatic carbocycles. The predicted molar refractivity (Wildman–Crippen MR) is 83.7 cm³/mol. The van der Waals surface area contributed by atoms with E-state index in [1.54, 1.807) is 0 Å². The van der Waals surface area contributed by atoms with Crippen LogP contribution in [0.25, 0.3) is 11.4 Å². The van der Waals surface area contributed by atoms with Crippen LogP contribution in [-0.4, -0.2) is 0 Å². The van der Waals surface area contributed by atoms with Crippen molar-refractivity contribution < 1.29 is 9.13 Å². The number of pyridine rings is 2. The molecule has 0 amide bonds. The van der Waals surface area contributed by atoms with E-state index in [2.05, 4.69) is 96.9 Å². The van der Waals surface area contributed by atoms with Crippen LogP contribution in [0.5, 0.6) is 0 Å². The fourth-order valence-electron chi connectivity index (χ4n) is 2.73. The molecule has 0 aliphatic carbocycles. The van der Waals surface area contributed by atoms with Gasteiger partial charge in [0.05, 0.1) is 5.56 Å². The summed E-state index contributed by atoms with van der Waals surface area (Å²) >= 11 is 0. The molecule has 0 fully saturated rings. The molecule has 0 N–H and O–H groups in total. The normalized spacial score (nSPS) is 10.6. The van der Waals surface area contributed by atoms with Gasteiger partial charge in [-0.1, -0.05) is 12.1 Å². The average Bonchev–Trinajstić information content (AvgIpc) is 2.49. The Morgan fingerprint density at radius 3 is 1.48 bits per heavy atom. The zero-order chi connectivity index (χ0) is 14.8. The molecule has 0 radical (unpaired) electrons. The number of rotatable bonds is 2. The van der Waals surface area contributed by atoms with E-state index in [0.717, 1.165) is 0 Å². The van der Waals surface area contributed by atoms with E-state index in [4.69, 9.17) is 0 Å². The van der Waals surface area contributed by atoms with Gasteiger partial charge in [-0.25, -0.2) is 0 Å². The van der Waals surface area contributed by atoms with Gasteiger partial charge in [-0.05, 0) is 13.0 Å². The van der Waals surface area contributed by atoms with Gasteiger partial charge in [-0.3, -0.25) is 0 Å². The summed E-state index contributed by atoms with van der Waals surface area (Å²) in [6.07, 6.45) is 4.23. The Balaban J connectivity index is 2.21. The summed E-state index contributed by atoms with van der Waals surface area (Å²) in [6, 6.07) is 19.0. The van der Waals surface area contributed by atoms with Crippen LogP contribution in [0, 0.1) is 20.8 Å². The van der Waals surface area contributed by atoms with Gasteiger partial charge in [0.2, 0.25) is 11.4 Å². The van der Waals surface area contributed by atoms with Gasteiger partial charge in [0, 0.05) is 50.2 Å². The fraction of sp³-hybridized carbons (Fsp3) is 0.158. The van der Waals surface area contributed by atoms with Crippen molar-refractivity contribution in [2.75, 3.05) is 0 Å². The van der Waals surface area contributed by atoms with Gasteiger partial charge in [0.25, 0.3) is 0 Å².